The van der Waals surface area contributed by atoms with Crippen molar-refractivity contribution < 1.29 is 14.0 Å². The first-order chi connectivity index (χ1) is 10.8. The van der Waals surface area contributed by atoms with Crippen LogP contribution in [0.2, 0.25) is 0 Å². The van der Waals surface area contributed by atoms with Crippen LogP contribution in [0, 0.1) is 0 Å². The third kappa shape index (κ3) is 5.40. The van der Waals surface area contributed by atoms with Crippen molar-refractivity contribution in [2.75, 3.05) is 5.32 Å². The van der Waals surface area contributed by atoms with Gasteiger partial charge in [0, 0.05) is 16.8 Å². The van der Waals surface area contributed by atoms with E-state index in [1.54, 1.807) is 30.3 Å². The molecular weight excluding hydrogens is 330 g/mol. The molecule has 1 heterocycles. The molecule has 7 heteroatoms. The number of hydrogen-bond donors (Lipinski definition) is 3. The maximum absolute atomic E-state index is 12.2. The second-order valence-corrected chi connectivity index (χ2v) is 6.24. The van der Waals surface area contributed by atoms with Gasteiger partial charge in [0.2, 0.25) is 0 Å². The van der Waals surface area contributed by atoms with Gasteiger partial charge in [-0.25, -0.2) is 0 Å². The van der Waals surface area contributed by atoms with Gasteiger partial charge in [-0.05, 0) is 45.0 Å². The molecule has 0 aliphatic carbocycles. The summed E-state index contributed by atoms with van der Waals surface area (Å²) in [4.78, 5) is 24.3. The molecule has 0 bridgehead atoms. The Morgan fingerprint density at radius 1 is 1.12 bits per heavy atom. The molecule has 0 atom stereocenters. The normalized spacial score (nSPS) is 10.7. The van der Waals surface area contributed by atoms with Crippen molar-refractivity contribution in [3.63, 3.8) is 0 Å². The predicted octanol–water partition coefficient (Wildman–Crippen LogP) is 2.94. The van der Waals surface area contributed by atoms with E-state index in [4.69, 9.17) is 10.2 Å². The van der Waals surface area contributed by atoms with Crippen molar-refractivity contribution in [1.29, 1.82) is 0 Å². The van der Waals surface area contributed by atoms with Crippen LogP contribution >= 0.6 is 12.4 Å². The van der Waals surface area contributed by atoms with Crippen LogP contribution in [0.4, 0.5) is 5.69 Å². The monoisotopic (exact) mass is 351 g/mol. The molecule has 0 saturated heterocycles. The molecular formula is C17H22ClN3O3. The fraction of sp³-hybridized carbons (Fsp3) is 0.294. The average molecular weight is 352 g/mol. The summed E-state index contributed by atoms with van der Waals surface area (Å²) in [5, 5.41) is 5.61. The van der Waals surface area contributed by atoms with Crippen molar-refractivity contribution in [3.8, 4) is 0 Å². The lowest BCUT2D eigenvalue weighted by Gasteiger charge is -2.20. The molecule has 2 amide bonds. The van der Waals surface area contributed by atoms with Crippen molar-refractivity contribution in [2.24, 2.45) is 5.73 Å². The van der Waals surface area contributed by atoms with Gasteiger partial charge in [-0.15, -0.1) is 12.4 Å². The van der Waals surface area contributed by atoms with Crippen molar-refractivity contribution in [2.45, 2.75) is 32.9 Å². The van der Waals surface area contributed by atoms with E-state index in [1.807, 2.05) is 20.8 Å². The highest BCUT2D eigenvalue weighted by Crippen LogP contribution is 2.15. The summed E-state index contributed by atoms with van der Waals surface area (Å²) >= 11 is 0. The van der Waals surface area contributed by atoms with Crippen molar-refractivity contribution in [3.05, 3.63) is 53.5 Å². The van der Waals surface area contributed by atoms with Gasteiger partial charge in [-0.1, -0.05) is 6.07 Å². The fourth-order valence-corrected chi connectivity index (χ4v) is 1.96. The number of rotatable bonds is 4. The highest BCUT2D eigenvalue weighted by atomic mass is 35.5. The lowest BCUT2D eigenvalue weighted by atomic mass is 10.1. The van der Waals surface area contributed by atoms with Crippen LogP contribution in [0.3, 0.4) is 0 Å². The molecule has 0 fully saturated rings. The third-order valence-corrected chi connectivity index (χ3v) is 2.99. The minimum Gasteiger partial charge on any atom is -0.467 e. The zero-order valence-electron chi connectivity index (χ0n) is 13.9. The molecule has 0 spiro atoms. The van der Waals surface area contributed by atoms with Gasteiger partial charge in [0.05, 0.1) is 12.1 Å². The van der Waals surface area contributed by atoms with Crippen LogP contribution in [0.1, 0.15) is 47.2 Å². The van der Waals surface area contributed by atoms with E-state index in [2.05, 4.69) is 10.6 Å². The molecule has 0 saturated carbocycles. The van der Waals surface area contributed by atoms with E-state index >= 15 is 0 Å². The van der Waals surface area contributed by atoms with Gasteiger partial charge in [-0.3, -0.25) is 9.59 Å². The number of benzene rings is 1. The zero-order valence-corrected chi connectivity index (χ0v) is 14.7. The Balaban J connectivity index is 0.00000288. The second kappa shape index (κ2) is 7.99. The van der Waals surface area contributed by atoms with Crippen molar-refractivity contribution >= 4 is 29.9 Å². The summed E-state index contributed by atoms with van der Waals surface area (Å²) in [6, 6.07) is 8.35. The summed E-state index contributed by atoms with van der Waals surface area (Å²) in [5.74, 6) is 0.0256. The standard InChI is InChI=1S/C17H21N3O3.ClH/c1-17(2,3)20-16(22)11-5-4-6-13(7-11)19-15(21)12-8-14(9-18)23-10-12;/h4-8,10H,9,18H2,1-3H3,(H,19,21)(H,20,22);1H. The summed E-state index contributed by atoms with van der Waals surface area (Å²) in [6.07, 6.45) is 1.35. The van der Waals surface area contributed by atoms with Gasteiger partial charge >= 0.3 is 0 Å². The second-order valence-electron chi connectivity index (χ2n) is 6.24. The molecule has 0 radical (unpaired) electrons. The zero-order chi connectivity index (χ0) is 17.0. The number of furan rings is 1. The first kappa shape index (κ1) is 19.7. The van der Waals surface area contributed by atoms with Crippen LogP contribution in [0.15, 0.2) is 41.0 Å². The molecule has 4 N–H and O–H groups in total. The average Bonchev–Trinajstić information content (AvgIpc) is 2.95. The SMILES string of the molecule is CC(C)(C)NC(=O)c1cccc(NC(=O)c2coc(CN)c2)c1.Cl. The van der Waals surface area contributed by atoms with Crippen LogP contribution in [-0.4, -0.2) is 17.4 Å². The fourth-order valence-electron chi connectivity index (χ4n) is 1.96. The number of nitrogens with two attached hydrogens (primary N) is 1. The highest BCUT2D eigenvalue weighted by Gasteiger charge is 2.16. The van der Waals surface area contributed by atoms with Gasteiger partial charge in [0.15, 0.2) is 0 Å². The molecule has 6 nitrogen and oxygen atoms in total. The Bertz CT molecular complexity index is 720. The van der Waals surface area contributed by atoms with E-state index in [0.29, 0.717) is 22.6 Å². The Kier molecular flexibility index (Phi) is 6.57. The van der Waals surface area contributed by atoms with Crippen LogP contribution < -0.4 is 16.4 Å². The van der Waals surface area contributed by atoms with Crippen LogP contribution in [-0.2, 0) is 6.54 Å². The number of halogens is 1. The Labute approximate surface area is 147 Å². The Morgan fingerprint density at radius 2 is 1.83 bits per heavy atom. The summed E-state index contributed by atoms with van der Waals surface area (Å²) in [7, 11) is 0. The molecule has 130 valence electrons. The van der Waals surface area contributed by atoms with Crippen LogP contribution in [0.5, 0.6) is 0 Å². The van der Waals surface area contributed by atoms with E-state index in [9.17, 15) is 9.59 Å². The van der Waals surface area contributed by atoms with Gasteiger partial charge in [0.25, 0.3) is 11.8 Å². The van der Waals surface area contributed by atoms with E-state index < -0.39 is 0 Å². The van der Waals surface area contributed by atoms with E-state index in [1.165, 1.54) is 6.26 Å². The predicted molar refractivity (Wildman–Crippen MR) is 95.5 cm³/mol. The molecule has 1 aromatic heterocycles. The summed E-state index contributed by atoms with van der Waals surface area (Å²) < 4.78 is 5.14. The Morgan fingerprint density at radius 3 is 2.42 bits per heavy atom. The maximum atomic E-state index is 12.2. The van der Waals surface area contributed by atoms with Gasteiger partial charge in [-0.2, -0.15) is 0 Å². The number of carbonyl (C=O) groups is 2. The number of amides is 2. The molecule has 1 aromatic carbocycles. The first-order valence-electron chi connectivity index (χ1n) is 7.30. The molecule has 2 aromatic rings. The van der Waals surface area contributed by atoms with Crippen molar-refractivity contribution in [1.82, 2.24) is 5.32 Å². The highest BCUT2D eigenvalue weighted by molar-refractivity contribution is 6.05. The van der Waals surface area contributed by atoms with Gasteiger partial charge in [0.1, 0.15) is 12.0 Å². The van der Waals surface area contributed by atoms with E-state index in [-0.39, 0.29) is 36.3 Å². The minimum absolute atomic E-state index is 0. The third-order valence-electron chi connectivity index (χ3n) is 2.99. The molecule has 2 rings (SSSR count). The largest absolute Gasteiger partial charge is 0.467 e. The van der Waals surface area contributed by atoms with Crippen LogP contribution in [0.25, 0.3) is 0 Å². The topological polar surface area (TPSA) is 97.4 Å². The molecule has 0 aliphatic heterocycles. The lowest BCUT2D eigenvalue weighted by molar-refractivity contribution is 0.0918. The molecule has 0 unspecified atom stereocenters. The molecule has 24 heavy (non-hydrogen) atoms. The number of anilines is 1. The first-order valence-corrected chi connectivity index (χ1v) is 7.30. The summed E-state index contributed by atoms with van der Waals surface area (Å²) in [6.45, 7) is 5.95. The quantitative estimate of drug-likeness (QED) is 0.788. The minimum atomic E-state index is -0.328. The lowest BCUT2D eigenvalue weighted by Crippen LogP contribution is -2.40. The number of nitrogens with one attached hydrogen (secondary N) is 2. The summed E-state index contributed by atoms with van der Waals surface area (Å²) in [5.41, 5.74) is 6.52. The van der Waals surface area contributed by atoms with E-state index in [0.717, 1.165) is 0 Å². The smallest absolute Gasteiger partial charge is 0.258 e. The number of hydrogen-bond acceptors (Lipinski definition) is 4. The number of carbonyl (C=O) groups excluding carboxylic acids is 2. The Hall–Kier alpha value is -2.31. The van der Waals surface area contributed by atoms with Gasteiger partial charge < -0.3 is 20.8 Å². The molecule has 0 aliphatic rings. The maximum Gasteiger partial charge on any atom is 0.258 e.